The van der Waals surface area contributed by atoms with Gasteiger partial charge >= 0.3 is 0 Å². The van der Waals surface area contributed by atoms with Crippen LogP contribution in [-0.2, 0) is 13.2 Å². The predicted molar refractivity (Wildman–Crippen MR) is 119 cm³/mol. The fourth-order valence-electron chi connectivity index (χ4n) is 2.75. The van der Waals surface area contributed by atoms with Crippen molar-refractivity contribution in [3.05, 3.63) is 63.8 Å². The van der Waals surface area contributed by atoms with E-state index in [1.807, 2.05) is 49.4 Å². The van der Waals surface area contributed by atoms with Gasteiger partial charge < -0.3 is 25.8 Å². The zero-order valence-electron chi connectivity index (χ0n) is 17.1. The topological polar surface area (TPSA) is 125 Å². The molecule has 164 valence electrons. The third kappa shape index (κ3) is 6.43. The summed E-state index contributed by atoms with van der Waals surface area (Å²) >= 11 is 3.60. The van der Waals surface area contributed by atoms with Gasteiger partial charge in [0.25, 0.3) is 5.91 Å². The molecule has 4 N–H and O–H groups in total. The summed E-state index contributed by atoms with van der Waals surface area (Å²) < 4.78 is 17.1. The Balaban J connectivity index is 1.52. The minimum absolute atomic E-state index is 0.0183. The molecule has 0 saturated carbocycles. The van der Waals surface area contributed by atoms with Crippen LogP contribution in [0.15, 0.2) is 51.6 Å². The number of carbonyl (C=O) groups excluding carboxylic acids is 1. The fourth-order valence-corrected chi connectivity index (χ4v) is 3.22. The SMILES string of the molecule is CCOc1cc(CNCCNC(=O)c2nonc2N)c(Br)cc1OCc1ccccc1. The molecule has 0 aliphatic carbocycles. The third-order valence-corrected chi connectivity index (χ3v) is 5.02. The Labute approximate surface area is 188 Å². The van der Waals surface area contributed by atoms with Crippen LogP contribution in [0.5, 0.6) is 11.5 Å². The molecule has 10 heteroatoms. The first-order valence-electron chi connectivity index (χ1n) is 9.77. The maximum absolute atomic E-state index is 11.9. The Bertz CT molecular complexity index is 997. The molecule has 31 heavy (non-hydrogen) atoms. The average molecular weight is 490 g/mol. The van der Waals surface area contributed by atoms with E-state index >= 15 is 0 Å². The maximum Gasteiger partial charge on any atom is 0.277 e. The number of hydrogen-bond donors (Lipinski definition) is 3. The van der Waals surface area contributed by atoms with Gasteiger partial charge in [-0.15, -0.1) is 0 Å². The molecular formula is C21H24BrN5O4. The summed E-state index contributed by atoms with van der Waals surface area (Å²) in [5.41, 5.74) is 7.57. The molecule has 0 radical (unpaired) electrons. The van der Waals surface area contributed by atoms with Gasteiger partial charge in [0, 0.05) is 24.1 Å². The highest BCUT2D eigenvalue weighted by Crippen LogP contribution is 2.34. The van der Waals surface area contributed by atoms with Crippen molar-refractivity contribution in [1.82, 2.24) is 20.9 Å². The van der Waals surface area contributed by atoms with Crippen molar-refractivity contribution in [1.29, 1.82) is 0 Å². The molecule has 1 heterocycles. The van der Waals surface area contributed by atoms with Gasteiger partial charge in [0.05, 0.1) is 6.61 Å². The van der Waals surface area contributed by atoms with E-state index in [1.165, 1.54) is 0 Å². The Morgan fingerprint density at radius 2 is 1.90 bits per heavy atom. The van der Waals surface area contributed by atoms with E-state index in [9.17, 15) is 4.79 Å². The molecule has 3 aromatic rings. The van der Waals surface area contributed by atoms with Crippen molar-refractivity contribution in [2.45, 2.75) is 20.1 Å². The van der Waals surface area contributed by atoms with Crippen LogP contribution >= 0.6 is 15.9 Å². The Hall–Kier alpha value is -3.11. The highest BCUT2D eigenvalue weighted by Gasteiger charge is 2.15. The van der Waals surface area contributed by atoms with Crippen molar-refractivity contribution in [3.63, 3.8) is 0 Å². The molecule has 0 saturated heterocycles. The first-order chi connectivity index (χ1) is 15.1. The number of carbonyl (C=O) groups is 1. The number of nitrogen functional groups attached to an aromatic ring is 1. The van der Waals surface area contributed by atoms with Crippen LogP contribution in [0.1, 0.15) is 28.5 Å². The lowest BCUT2D eigenvalue weighted by molar-refractivity contribution is 0.0944. The molecule has 3 rings (SSSR count). The Morgan fingerprint density at radius 3 is 2.61 bits per heavy atom. The second-order valence-electron chi connectivity index (χ2n) is 6.53. The second kappa shape index (κ2) is 11.3. The number of anilines is 1. The number of nitrogens with one attached hydrogen (secondary N) is 2. The van der Waals surface area contributed by atoms with Crippen LogP contribution in [0.4, 0.5) is 5.82 Å². The van der Waals surface area contributed by atoms with E-state index in [4.69, 9.17) is 15.2 Å². The van der Waals surface area contributed by atoms with E-state index in [2.05, 4.69) is 41.5 Å². The van der Waals surface area contributed by atoms with E-state index in [0.717, 1.165) is 15.6 Å². The molecule has 0 unspecified atom stereocenters. The Kier molecular flexibility index (Phi) is 8.25. The second-order valence-corrected chi connectivity index (χ2v) is 7.38. The lowest BCUT2D eigenvalue weighted by atomic mass is 10.2. The molecule has 1 aromatic heterocycles. The number of halogens is 1. The number of rotatable bonds is 11. The van der Waals surface area contributed by atoms with Crippen LogP contribution in [0.3, 0.4) is 0 Å². The van der Waals surface area contributed by atoms with Crippen LogP contribution in [0, 0.1) is 0 Å². The summed E-state index contributed by atoms with van der Waals surface area (Å²) in [5, 5.41) is 12.8. The van der Waals surface area contributed by atoms with Gasteiger partial charge in [-0.05, 0) is 40.5 Å². The summed E-state index contributed by atoms with van der Waals surface area (Å²) in [4.78, 5) is 11.9. The monoisotopic (exact) mass is 489 g/mol. The van der Waals surface area contributed by atoms with Crippen LogP contribution in [0.25, 0.3) is 0 Å². The standard InChI is InChI=1S/C21H24BrN5O4/c1-2-29-17-10-15(12-24-8-9-25-21(28)19-20(23)27-31-26-19)16(22)11-18(17)30-13-14-6-4-3-5-7-14/h3-7,10-11,24H,2,8-9,12-13H2,1H3,(H2,23,27)(H,25,28). The summed E-state index contributed by atoms with van der Waals surface area (Å²) in [6.45, 7) is 4.42. The lowest BCUT2D eigenvalue weighted by Gasteiger charge is -2.15. The first-order valence-corrected chi connectivity index (χ1v) is 10.6. The van der Waals surface area contributed by atoms with Gasteiger partial charge in [-0.2, -0.15) is 0 Å². The zero-order valence-corrected chi connectivity index (χ0v) is 18.6. The zero-order chi connectivity index (χ0) is 22.1. The van der Waals surface area contributed by atoms with E-state index in [0.29, 0.717) is 44.3 Å². The predicted octanol–water partition coefficient (Wildman–Crippen LogP) is 2.91. The quantitative estimate of drug-likeness (QED) is 0.351. The molecule has 9 nitrogen and oxygen atoms in total. The minimum atomic E-state index is -0.430. The molecular weight excluding hydrogens is 466 g/mol. The average Bonchev–Trinajstić information content (AvgIpc) is 3.21. The van der Waals surface area contributed by atoms with Crippen LogP contribution < -0.4 is 25.8 Å². The Morgan fingerprint density at radius 1 is 1.13 bits per heavy atom. The van der Waals surface area contributed by atoms with Crippen molar-refractivity contribution in [2.24, 2.45) is 0 Å². The summed E-state index contributed by atoms with van der Waals surface area (Å²) in [6, 6.07) is 13.8. The van der Waals surface area contributed by atoms with Crippen molar-refractivity contribution in [3.8, 4) is 11.5 Å². The number of amides is 1. The number of aromatic nitrogens is 2. The van der Waals surface area contributed by atoms with Crippen LogP contribution in [0.2, 0.25) is 0 Å². The van der Waals surface area contributed by atoms with Gasteiger partial charge in [-0.3, -0.25) is 4.79 Å². The third-order valence-electron chi connectivity index (χ3n) is 4.28. The fraction of sp³-hybridized carbons (Fsp3) is 0.286. The number of ether oxygens (including phenoxy) is 2. The van der Waals surface area contributed by atoms with Gasteiger partial charge in [-0.1, -0.05) is 46.3 Å². The summed E-state index contributed by atoms with van der Waals surface area (Å²) in [6.07, 6.45) is 0. The number of nitrogens with two attached hydrogens (primary N) is 1. The normalized spacial score (nSPS) is 10.6. The number of benzene rings is 2. The molecule has 0 aliphatic rings. The van der Waals surface area contributed by atoms with E-state index in [1.54, 1.807) is 0 Å². The minimum Gasteiger partial charge on any atom is -0.490 e. The molecule has 2 aromatic carbocycles. The molecule has 0 fully saturated rings. The van der Waals surface area contributed by atoms with Crippen molar-refractivity contribution >= 4 is 27.7 Å². The number of nitrogens with zero attached hydrogens (tertiary/aromatic N) is 2. The molecule has 0 aliphatic heterocycles. The summed E-state index contributed by atoms with van der Waals surface area (Å²) in [5.74, 6) is 0.890. The van der Waals surface area contributed by atoms with Crippen molar-refractivity contribution < 1.29 is 18.9 Å². The highest BCUT2D eigenvalue weighted by atomic mass is 79.9. The van der Waals surface area contributed by atoms with E-state index in [-0.39, 0.29) is 11.5 Å². The maximum atomic E-state index is 11.9. The highest BCUT2D eigenvalue weighted by molar-refractivity contribution is 9.10. The molecule has 0 bridgehead atoms. The van der Waals surface area contributed by atoms with Gasteiger partial charge in [0.1, 0.15) is 6.61 Å². The van der Waals surface area contributed by atoms with E-state index < -0.39 is 5.91 Å². The van der Waals surface area contributed by atoms with Gasteiger partial charge in [0.2, 0.25) is 11.5 Å². The molecule has 0 spiro atoms. The van der Waals surface area contributed by atoms with Gasteiger partial charge in [-0.25, -0.2) is 4.63 Å². The summed E-state index contributed by atoms with van der Waals surface area (Å²) in [7, 11) is 0. The lowest BCUT2D eigenvalue weighted by Crippen LogP contribution is -2.32. The van der Waals surface area contributed by atoms with Crippen molar-refractivity contribution in [2.75, 3.05) is 25.4 Å². The molecule has 1 amide bonds. The number of hydrogen-bond acceptors (Lipinski definition) is 8. The molecule has 0 atom stereocenters. The smallest absolute Gasteiger partial charge is 0.277 e. The van der Waals surface area contributed by atoms with Gasteiger partial charge in [0.15, 0.2) is 11.5 Å². The first kappa shape index (κ1) is 22.6. The largest absolute Gasteiger partial charge is 0.490 e. The van der Waals surface area contributed by atoms with Crippen LogP contribution in [-0.4, -0.2) is 35.9 Å².